The third kappa shape index (κ3) is 2.74. The molecule has 1 fully saturated rings. The number of hydrogen-bond donors (Lipinski definition) is 1. The van der Waals surface area contributed by atoms with E-state index < -0.39 is 0 Å². The van der Waals surface area contributed by atoms with Crippen LogP contribution in [0.25, 0.3) is 0 Å². The molecule has 1 aliphatic heterocycles. The van der Waals surface area contributed by atoms with E-state index in [1.807, 2.05) is 12.4 Å². The van der Waals surface area contributed by atoms with Crippen molar-refractivity contribution in [1.82, 2.24) is 30.6 Å². The minimum atomic E-state index is -0.193. The molecule has 1 aliphatic rings. The third-order valence-corrected chi connectivity index (χ3v) is 3.23. The fourth-order valence-electron chi connectivity index (χ4n) is 2.22. The van der Waals surface area contributed by atoms with Gasteiger partial charge in [-0.2, -0.15) is 5.21 Å². The highest BCUT2D eigenvalue weighted by atomic mass is 16.5. The molecule has 20 heavy (non-hydrogen) atoms. The maximum absolute atomic E-state index is 5.65. The van der Waals surface area contributed by atoms with Crippen molar-refractivity contribution < 1.29 is 4.74 Å². The molecule has 8 heteroatoms. The zero-order chi connectivity index (χ0) is 13.8. The standard InChI is InChI=1S/C12H17N7O/c1-2-3-9-6-13-12(14-7-9)19-4-5-20-10(8-19)11-15-17-18-16-11/h6-7,10H,2-5,8H2,1H3,(H,15,16,17,18). The summed E-state index contributed by atoms with van der Waals surface area (Å²) in [7, 11) is 0. The molecule has 3 heterocycles. The molecule has 0 radical (unpaired) electrons. The van der Waals surface area contributed by atoms with Crippen molar-refractivity contribution in [2.24, 2.45) is 0 Å². The lowest BCUT2D eigenvalue weighted by Gasteiger charge is -2.31. The Morgan fingerprint density at radius 3 is 2.95 bits per heavy atom. The Labute approximate surface area is 116 Å². The number of aryl methyl sites for hydroxylation is 1. The predicted molar refractivity (Wildman–Crippen MR) is 71.1 cm³/mol. The monoisotopic (exact) mass is 275 g/mol. The van der Waals surface area contributed by atoms with Crippen LogP contribution in [-0.4, -0.2) is 50.3 Å². The van der Waals surface area contributed by atoms with Crippen molar-refractivity contribution in [1.29, 1.82) is 0 Å². The fourth-order valence-corrected chi connectivity index (χ4v) is 2.22. The lowest BCUT2D eigenvalue weighted by molar-refractivity contribution is 0.0335. The second-order valence-electron chi connectivity index (χ2n) is 4.72. The van der Waals surface area contributed by atoms with Crippen LogP contribution in [0, 0.1) is 0 Å². The molecular weight excluding hydrogens is 258 g/mol. The molecule has 0 amide bonds. The highest BCUT2D eigenvalue weighted by Crippen LogP contribution is 2.21. The van der Waals surface area contributed by atoms with Gasteiger partial charge in [-0.15, -0.1) is 10.2 Å². The Morgan fingerprint density at radius 2 is 2.25 bits per heavy atom. The first-order valence-corrected chi connectivity index (χ1v) is 6.77. The Balaban J connectivity index is 1.70. The maximum atomic E-state index is 5.65. The van der Waals surface area contributed by atoms with Crippen LogP contribution in [0.2, 0.25) is 0 Å². The van der Waals surface area contributed by atoms with E-state index in [-0.39, 0.29) is 6.10 Å². The van der Waals surface area contributed by atoms with Crippen LogP contribution in [0.4, 0.5) is 5.95 Å². The summed E-state index contributed by atoms with van der Waals surface area (Å²) in [6.07, 6.45) is 5.70. The van der Waals surface area contributed by atoms with Crippen LogP contribution in [0.15, 0.2) is 12.4 Å². The molecule has 8 nitrogen and oxygen atoms in total. The summed E-state index contributed by atoms with van der Waals surface area (Å²) < 4.78 is 5.65. The van der Waals surface area contributed by atoms with Crippen molar-refractivity contribution >= 4 is 5.95 Å². The SMILES string of the molecule is CCCc1cnc(N2CCOC(c3nn[nH]n3)C2)nc1. The van der Waals surface area contributed by atoms with E-state index in [4.69, 9.17) is 4.74 Å². The number of anilines is 1. The van der Waals surface area contributed by atoms with E-state index in [9.17, 15) is 0 Å². The number of aromatic amines is 1. The van der Waals surface area contributed by atoms with Crippen LogP contribution in [-0.2, 0) is 11.2 Å². The van der Waals surface area contributed by atoms with Crippen LogP contribution in [0.1, 0.15) is 30.8 Å². The Kier molecular flexibility index (Phi) is 3.82. The lowest BCUT2D eigenvalue weighted by Crippen LogP contribution is -2.39. The van der Waals surface area contributed by atoms with Gasteiger partial charge in [0.15, 0.2) is 0 Å². The first kappa shape index (κ1) is 12.9. The van der Waals surface area contributed by atoms with Crippen molar-refractivity contribution in [3.8, 4) is 0 Å². The molecule has 2 aromatic rings. The summed E-state index contributed by atoms with van der Waals surface area (Å²) in [4.78, 5) is 10.9. The molecule has 106 valence electrons. The molecule has 1 N–H and O–H groups in total. The van der Waals surface area contributed by atoms with Gasteiger partial charge in [-0.3, -0.25) is 0 Å². The summed E-state index contributed by atoms with van der Waals surface area (Å²) in [6.45, 7) is 4.14. The maximum Gasteiger partial charge on any atom is 0.225 e. The summed E-state index contributed by atoms with van der Waals surface area (Å²) in [5, 5.41) is 13.9. The van der Waals surface area contributed by atoms with Crippen LogP contribution in [0.3, 0.4) is 0 Å². The summed E-state index contributed by atoms with van der Waals surface area (Å²) in [5.74, 6) is 1.29. The van der Waals surface area contributed by atoms with Crippen molar-refractivity contribution in [2.75, 3.05) is 24.6 Å². The third-order valence-electron chi connectivity index (χ3n) is 3.23. The van der Waals surface area contributed by atoms with Crippen molar-refractivity contribution in [3.05, 3.63) is 23.8 Å². The van der Waals surface area contributed by atoms with E-state index in [1.54, 1.807) is 0 Å². The molecule has 0 aromatic carbocycles. The topological polar surface area (TPSA) is 92.7 Å². The summed E-state index contributed by atoms with van der Waals surface area (Å²) in [6, 6.07) is 0. The zero-order valence-corrected chi connectivity index (χ0v) is 11.4. The molecule has 2 aromatic heterocycles. The summed E-state index contributed by atoms with van der Waals surface area (Å²) in [5.41, 5.74) is 1.17. The lowest BCUT2D eigenvalue weighted by atomic mass is 10.2. The van der Waals surface area contributed by atoms with Crippen molar-refractivity contribution in [2.45, 2.75) is 25.9 Å². The molecule has 3 rings (SSSR count). The number of tetrazole rings is 1. The second-order valence-corrected chi connectivity index (χ2v) is 4.72. The number of hydrogen-bond acceptors (Lipinski definition) is 7. The van der Waals surface area contributed by atoms with Crippen LogP contribution >= 0.6 is 0 Å². The molecule has 0 spiro atoms. The number of nitrogens with one attached hydrogen (secondary N) is 1. The predicted octanol–water partition coefficient (Wildman–Crippen LogP) is 0.520. The van der Waals surface area contributed by atoms with Gasteiger partial charge in [-0.05, 0) is 12.0 Å². The second kappa shape index (κ2) is 5.91. The average Bonchev–Trinajstić information content (AvgIpc) is 3.03. The van der Waals surface area contributed by atoms with Gasteiger partial charge in [0, 0.05) is 18.9 Å². The molecule has 0 saturated carbocycles. The van der Waals surface area contributed by atoms with Crippen LogP contribution < -0.4 is 4.90 Å². The number of nitrogens with zero attached hydrogens (tertiary/aromatic N) is 6. The molecular formula is C12H17N7O. The van der Waals surface area contributed by atoms with Gasteiger partial charge in [0.2, 0.25) is 11.8 Å². The van der Waals surface area contributed by atoms with Gasteiger partial charge < -0.3 is 9.64 Å². The summed E-state index contributed by atoms with van der Waals surface area (Å²) >= 11 is 0. The van der Waals surface area contributed by atoms with E-state index in [2.05, 4.69) is 42.4 Å². The quantitative estimate of drug-likeness (QED) is 0.869. The largest absolute Gasteiger partial charge is 0.366 e. The zero-order valence-electron chi connectivity index (χ0n) is 11.4. The highest BCUT2D eigenvalue weighted by molar-refractivity contribution is 5.31. The van der Waals surface area contributed by atoms with Crippen LogP contribution in [0.5, 0.6) is 0 Å². The molecule has 0 aliphatic carbocycles. The Morgan fingerprint density at radius 1 is 1.40 bits per heavy atom. The van der Waals surface area contributed by atoms with E-state index in [0.717, 1.165) is 25.3 Å². The fraction of sp³-hybridized carbons (Fsp3) is 0.583. The van der Waals surface area contributed by atoms with Gasteiger partial charge >= 0.3 is 0 Å². The van der Waals surface area contributed by atoms with Gasteiger partial charge in [0.05, 0.1) is 13.2 Å². The van der Waals surface area contributed by atoms with E-state index in [1.165, 1.54) is 5.56 Å². The first-order valence-electron chi connectivity index (χ1n) is 6.77. The minimum absolute atomic E-state index is 0.193. The number of morpholine rings is 1. The molecule has 1 unspecified atom stereocenters. The number of H-pyrrole nitrogens is 1. The smallest absolute Gasteiger partial charge is 0.225 e. The normalized spacial score (nSPS) is 19.2. The molecule has 1 atom stereocenters. The molecule has 0 bridgehead atoms. The number of aromatic nitrogens is 6. The molecule has 1 saturated heterocycles. The first-order chi connectivity index (χ1) is 9.86. The highest BCUT2D eigenvalue weighted by Gasteiger charge is 2.26. The minimum Gasteiger partial charge on any atom is -0.366 e. The van der Waals surface area contributed by atoms with Crippen molar-refractivity contribution in [3.63, 3.8) is 0 Å². The van der Waals surface area contributed by atoms with E-state index >= 15 is 0 Å². The average molecular weight is 275 g/mol. The van der Waals surface area contributed by atoms with Gasteiger partial charge in [0.1, 0.15) is 6.10 Å². The van der Waals surface area contributed by atoms with Gasteiger partial charge in [-0.1, -0.05) is 18.6 Å². The van der Waals surface area contributed by atoms with Gasteiger partial charge in [0.25, 0.3) is 0 Å². The number of ether oxygens (including phenoxy) is 1. The Bertz CT molecular complexity index is 527. The van der Waals surface area contributed by atoms with E-state index in [0.29, 0.717) is 19.0 Å². The Hall–Kier alpha value is -2.09. The van der Waals surface area contributed by atoms with Gasteiger partial charge in [-0.25, -0.2) is 9.97 Å². The number of rotatable bonds is 4.